The molecule has 2 heterocycles. The summed E-state index contributed by atoms with van der Waals surface area (Å²) in [6, 6.07) is 15.0. The van der Waals surface area contributed by atoms with E-state index in [4.69, 9.17) is 10.5 Å². The lowest BCUT2D eigenvalue weighted by Crippen LogP contribution is -2.25. The molecular formula is C21H22N6O2. The average molecular weight is 390 g/mol. The summed E-state index contributed by atoms with van der Waals surface area (Å²) >= 11 is 0. The molecule has 1 amide bonds. The molecule has 0 saturated carbocycles. The quantitative estimate of drug-likeness (QED) is 0.345. The number of nitrogens with two attached hydrogens (primary N) is 1. The van der Waals surface area contributed by atoms with Gasteiger partial charge in [-0.1, -0.05) is 18.2 Å². The molecule has 0 aliphatic heterocycles. The summed E-state index contributed by atoms with van der Waals surface area (Å²) < 4.78 is 5.75. The minimum Gasteiger partial charge on any atom is -0.487 e. The van der Waals surface area contributed by atoms with Crippen molar-refractivity contribution in [3.63, 3.8) is 0 Å². The Hall–Kier alpha value is -3.65. The molecule has 0 bridgehead atoms. The first-order chi connectivity index (χ1) is 14.2. The number of hydrogen-bond donors (Lipinski definition) is 4. The molecule has 0 aliphatic rings. The van der Waals surface area contributed by atoms with Crippen LogP contribution in [0.4, 0.5) is 0 Å². The third kappa shape index (κ3) is 4.27. The first kappa shape index (κ1) is 18.7. The van der Waals surface area contributed by atoms with Gasteiger partial charge in [0, 0.05) is 17.5 Å². The zero-order valence-corrected chi connectivity index (χ0v) is 15.8. The van der Waals surface area contributed by atoms with E-state index in [1.165, 1.54) is 0 Å². The largest absolute Gasteiger partial charge is 0.487 e. The number of carbonyl (C=O) groups is 1. The third-order valence-corrected chi connectivity index (χ3v) is 4.48. The Morgan fingerprint density at radius 2 is 2.03 bits per heavy atom. The molecule has 0 atom stereocenters. The van der Waals surface area contributed by atoms with Crippen molar-refractivity contribution < 1.29 is 9.53 Å². The fourth-order valence-corrected chi connectivity index (χ4v) is 2.97. The number of ether oxygens (including phenoxy) is 1. The van der Waals surface area contributed by atoms with Gasteiger partial charge in [-0.2, -0.15) is 5.10 Å². The minimum atomic E-state index is -0.135. The van der Waals surface area contributed by atoms with E-state index < -0.39 is 0 Å². The second-order valence-corrected chi connectivity index (χ2v) is 6.59. The van der Waals surface area contributed by atoms with E-state index in [0.717, 1.165) is 28.8 Å². The molecule has 29 heavy (non-hydrogen) atoms. The number of nitrogens with one attached hydrogen (secondary N) is 3. The molecule has 4 aromatic rings. The molecule has 0 radical (unpaired) electrons. The van der Waals surface area contributed by atoms with Crippen molar-refractivity contribution in [2.24, 2.45) is 5.73 Å². The topological polar surface area (TPSA) is 122 Å². The lowest BCUT2D eigenvalue weighted by Gasteiger charge is -2.04. The maximum atomic E-state index is 12.3. The maximum Gasteiger partial charge on any atom is 0.251 e. The average Bonchev–Trinajstić information content (AvgIpc) is 3.39. The van der Waals surface area contributed by atoms with Gasteiger partial charge in [-0.05, 0) is 43.3 Å². The Morgan fingerprint density at radius 1 is 1.17 bits per heavy atom. The summed E-state index contributed by atoms with van der Waals surface area (Å²) in [5, 5.41) is 11.0. The van der Waals surface area contributed by atoms with E-state index >= 15 is 0 Å². The zero-order chi connectivity index (χ0) is 20.1. The SMILES string of the molecule is NCCCNC(=O)c1ccc2[nH]nc(-c3ncc(COc4ccccc4)[nH]3)c2c1. The normalized spacial score (nSPS) is 10.9. The van der Waals surface area contributed by atoms with E-state index in [2.05, 4.69) is 25.5 Å². The van der Waals surface area contributed by atoms with Crippen LogP contribution in [0.1, 0.15) is 22.5 Å². The van der Waals surface area contributed by atoms with Crippen molar-refractivity contribution in [3.05, 3.63) is 66.0 Å². The van der Waals surface area contributed by atoms with Crippen LogP contribution < -0.4 is 15.8 Å². The van der Waals surface area contributed by atoms with Gasteiger partial charge in [0.15, 0.2) is 5.82 Å². The molecule has 2 aromatic carbocycles. The number of fused-ring (bicyclic) bond motifs is 1. The molecule has 0 saturated heterocycles. The van der Waals surface area contributed by atoms with Crippen LogP contribution in [0.2, 0.25) is 0 Å². The van der Waals surface area contributed by atoms with Crippen LogP contribution in [0.25, 0.3) is 22.4 Å². The van der Waals surface area contributed by atoms with Gasteiger partial charge in [-0.25, -0.2) is 4.98 Å². The van der Waals surface area contributed by atoms with Crippen molar-refractivity contribution in [2.75, 3.05) is 13.1 Å². The Kier molecular flexibility index (Phi) is 5.53. The van der Waals surface area contributed by atoms with E-state index in [-0.39, 0.29) is 5.91 Å². The molecule has 0 fully saturated rings. The smallest absolute Gasteiger partial charge is 0.251 e. The molecule has 4 rings (SSSR count). The number of hydrogen-bond acceptors (Lipinski definition) is 5. The first-order valence-corrected chi connectivity index (χ1v) is 9.43. The highest BCUT2D eigenvalue weighted by molar-refractivity contribution is 6.00. The van der Waals surface area contributed by atoms with E-state index in [9.17, 15) is 4.79 Å². The predicted octanol–water partition coefficient (Wildman–Crippen LogP) is 2.61. The second kappa shape index (κ2) is 8.57. The van der Waals surface area contributed by atoms with Gasteiger partial charge < -0.3 is 20.8 Å². The molecular weight excluding hydrogens is 368 g/mol. The lowest BCUT2D eigenvalue weighted by atomic mass is 10.1. The molecule has 8 nitrogen and oxygen atoms in total. The lowest BCUT2D eigenvalue weighted by molar-refractivity contribution is 0.0953. The molecule has 2 aromatic heterocycles. The highest BCUT2D eigenvalue weighted by atomic mass is 16.5. The van der Waals surface area contributed by atoms with Gasteiger partial charge in [0.05, 0.1) is 17.4 Å². The number of amides is 1. The first-order valence-electron chi connectivity index (χ1n) is 9.43. The number of aromatic amines is 2. The zero-order valence-electron chi connectivity index (χ0n) is 15.8. The summed E-state index contributed by atoms with van der Waals surface area (Å²) in [7, 11) is 0. The number of imidazole rings is 1. The Morgan fingerprint density at radius 3 is 2.86 bits per heavy atom. The molecule has 0 spiro atoms. The van der Waals surface area contributed by atoms with Crippen molar-refractivity contribution in [1.29, 1.82) is 0 Å². The van der Waals surface area contributed by atoms with Crippen molar-refractivity contribution in [2.45, 2.75) is 13.0 Å². The van der Waals surface area contributed by atoms with Gasteiger partial charge in [0.25, 0.3) is 5.91 Å². The van der Waals surface area contributed by atoms with Gasteiger partial charge in [-0.15, -0.1) is 0 Å². The van der Waals surface area contributed by atoms with Crippen LogP contribution >= 0.6 is 0 Å². The highest BCUT2D eigenvalue weighted by Crippen LogP contribution is 2.25. The van der Waals surface area contributed by atoms with E-state index in [0.29, 0.717) is 36.8 Å². The van der Waals surface area contributed by atoms with Crippen LogP contribution in [-0.2, 0) is 6.61 Å². The van der Waals surface area contributed by atoms with Gasteiger partial charge in [0.2, 0.25) is 0 Å². The summed E-state index contributed by atoms with van der Waals surface area (Å²) in [5.41, 5.74) is 8.35. The second-order valence-electron chi connectivity index (χ2n) is 6.59. The molecule has 0 aliphatic carbocycles. The van der Waals surface area contributed by atoms with Crippen LogP contribution in [0, 0.1) is 0 Å². The summed E-state index contributed by atoms with van der Waals surface area (Å²) in [5.74, 6) is 1.27. The fourth-order valence-electron chi connectivity index (χ4n) is 2.97. The number of benzene rings is 2. The van der Waals surface area contributed by atoms with Gasteiger partial charge in [-0.3, -0.25) is 9.89 Å². The number of aromatic nitrogens is 4. The fraction of sp³-hybridized carbons (Fsp3) is 0.190. The molecule has 8 heteroatoms. The summed E-state index contributed by atoms with van der Waals surface area (Å²) in [6.07, 6.45) is 2.47. The van der Waals surface area contributed by atoms with Crippen LogP contribution in [0.15, 0.2) is 54.7 Å². The Balaban J connectivity index is 1.52. The Bertz CT molecular complexity index is 1100. The summed E-state index contributed by atoms with van der Waals surface area (Å²) in [6.45, 7) is 1.46. The number of rotatable bonds is 8. The number of nitrogens with zero attached hydrogens (tertiary/aromatic N) is 2. The monoisotopic (exact) mass is 390 g/mol. The van der Waals surface area contributed by atoms with Gasteiger partial charge >= 0.3 is 0 Å². The van der Waals surface area contributed by atoms with Gasteiger partial charge in [0.1, 0.15) is 18.1 Å². The van der Waals surface area contributed by atoms with E-state index in [1.54, 1.807) is 12.3 Å². The highest BCUT2D eigenvalue weighted by Gasteiger charge is 2.14. The molecule has 0 unspecified atom stereocenters. The van der Waals surface area contributed by atoms with Crippen molar-refractivity contribution in [1.82, 2.24) is 25.5 Å². The van der Waals surface area contributed by atoms with Crippen molar-refractivity contribution >= 4 is 16.8 Å². The predicted molar refractivity (Wildman–Crippen MR) is 110 cm³/mol. The number of carbonyl (C=O) groups excluding carboxylic acids is 1. The van der Waals surface area contributed by atoms with Crippen LogP contribution in [-0.4, -0.2) is 39.2 Å². The molecule has 148 valence electrons. The van der Waals surface area contributed by atoms with E-state index in [1.807, 2.05) is 42.5 Å². The number of H-pyrrole nitrogens is 2. The standard InChI is InChI=1S/C21H22N6O2/c22-9-4-10-23-21(28)14-7-8-18-17(11-14)19(27-26-18)20-24-12-15(25-20)13-29-16-5-2-1-3-6-16/h1-3,5-8,11-12H,4,9-10,13,22H2,(H,23,28)(H,24,25)(H,26,27). The Labute approximate surface area is 167 Å². The van der Waals surface area contributed by atoms with Crippen LogP contribution in [0.3, 0.4) is 0 Å². The number of para-hydroxylation sites is 1. The van der Waals surface area contributed by atoms with Crippen molar-refractivity contribution in [3.8, 4) is 17.3 Å². The molecule has 5 N–H and O–H groups in total. The maximum absolute atomic E-state index is 12.3. The minimum absolute atomic E-state index is 0.135. The third-order valence-electron chi connectivity index (χ3n) is 4.48. The van der Waals surface area contributed by atoms with Crippen LogP contribution in [0.5, 0.6) is 5.75 Å². The summed E-state index contributed by atoms with van der Waals surface area (Å²) in [4.78, 5) is 20.0.